The molecule has 0 radical (unpaired) electrons. The van der Waals surface area contributed by atoms with Gasteiger partial charge in [0.1, 0.15) is 11.4 Å². The maximum Gasteiger partial charge on any atom is 0.334 e. The summed E-state index contributed by atoms with van der Waals surface area (Å²) >= 11 is 0. The minimum atomic E-state index is -4.17. The van der Waals surface area contributed by atoms with Gasteiger partial charge >= 0.3 is 5.97 Å². The Kier molecular flexibility index (Phi) is 6.44. The van der Waals surface area contributed by atoms with Crippen molar-refractivity contribution in [2.24, 2.45) is 38.9 Å². The van der Waals surface area contributed by atoms with E-state index in [4.69, 9.17) is 8.92 Å². The standard InChI is InChI=1S/C32H44O7S/c1-9-28(6)18-29(7,39-24(34)17-38-40(36,37)22-12-10-20(2)11-13-22)30(8)21(3)16-31-19-32(25(30)31,15-14-23(31)33)27(4,5)26(28)35/h9-13,21,25-26,35H,1,14-19H2,2-8H3. The molecule has 4 saturated carbocycles. The van der Waals surface area contributed by atoms with Crippen LogP contribution in [0.3, 0.4) is 0 Å². The summed E-state index contributed by atoms with van der Waals surface area (Å²) in [6.07, 6.45) is 3.91. The Labute approximate surface area is 238 Å². The predicted molar refractivity (Wildman–Crippen MR) is 151 cm³/mol. The van der Waals surface area contributed by atoms with Crippen LogP contribution in [0.2, 0.25) is 0 Å². The number of ether oxygens (including phenoxy) is 1. The number of hydrogen-bond acceptors (Lipinski definition) is 7. The molecule has 4 fully saturated rings. The van der Waals surface area contributed by atoms with Crippen LogP contribution in [0.25, 0.3) is 0 Å². The molecule has 2 spiro atoms. The van der Waals surface area contributed by atoms with Crippen LogP contribution in [0.1, 0.15) is 79.2 Å². The van der Waals surface area contributed by atoms with Crippen LogP contribution in [-0.4, -0.2) is 43.6 Å². The second-order valence-electron chi connectivity index (χ2n) is 14.5. The third-order valence-electron chi connectivity index (χ3n) is 12.3. The molecule has 0 heterocycles. The first kappa shape index (κ1) is 29.5. The highest BCUT2D eigenvalue weighted by Crippen LogP contribution is 2.86. The van der Waals surface area contributed by atoms with E-state index >= 15 is 0 Å². The van der Waals surface area contributed by atoms with E-state index in [0.29, 0.717) is 12.8 Å². The van der Waals surface area contributed by atoms with Crippen molar-refractivity contribution in [1.29, 1.82) is 0 Å². The van der Waals surface area contributed by atoms with E-state index in [1.54, 1.807) is 18.2 Å². The van der Waals surface area contributed by atoms with E-state index in [0.717, 1.165) is 18.4 Å². The molecule has 0 aromatic heterocycles. The van der Waals surface area contributed by atoms with E-state index in [9.17, 15) is 23.1 Å². The summed E-state index contributed by atoms with van der Waals surface area (Å²) in [7, 11) is -4.17. The highest BCUT2D eigenvalue weighted by molar-refractivity contribution is 7.86. The van der Waals surface area contributed by atoms with Crippen LogP contribution in [0.5, 0.6) is 0 Å². The van der Waals surface area contributed by atoms with Gasteiger partial charge in [0.05, 0.1) is 11.0 Å². The predicted octanol–water partition coefficient (Wildman–Crippen LogP) is 5.39. The fraction of sp³-hybridized carbons (Fsp3) is 0.688. The molecule has 0 saturated heterocycles. The van der Waals surface area contributed by atoms with Crippen LogP contribution in [0.4, 0.5) is 0 Å². The van der Waals surface area contributed by atoms with Gasteiger partial charge in [-0.2, -0.15) is 8.42 Å². The zero-order chi connectivity index (χ0) is 29.7. The lowest BCUT2D eigenvalue weighted by Crippen LogP contribution is -2.76. The van der Waals surface area contributed by atoms with Gasteiger partial charge in [0, 0.05) is 22.7 Å². The summed E-state index contributed by atoms with van der Waals surface area (Å²) in [6.45, 7) is 17.6. The number of aryl methyl sites for hydroxylation is 1. The maximum absolute atomic E-state index is 13.6. The monoisotopic (exact) mass is 572 g/mol. The number of benzene rings is 1. The highest BCUT2D eigenvalue weighted by Gasteiger charge is 2.85. The fourth-order valence-electron chi connectivity index (χ4n) is 10.1. The Hall–Kier alpha value is -2.03. The van der Waals surface area contributed by atoms with Crippen molar-refractivity contribution >= 4 is 21.9 Å². The zero-order valence-corrected chi connectivity index (χ0v) is 25.7. The lowest BCUT2D eigenvalue weighted by Gasteiger charge is -2.76. The number of ketones is 1. The van der Waals surface area contributed by atoms with Crippen molar-refractivity contribution in [3.8, 4) is 0 Å². The van der Waals surface area contributed by atoms with Crippen molar-refractivity contribution in [1.82, 2.24) is 0 Å². The second-order valence-corrected chi connectivity index (χ2v) is 16.1. The highest BCUT2D eigenvalue weighted by atomic mass is 32.2. The SMILES string of the molecule is C=CC1(C)CC(C)(OC(=O)COS(=O)(=O)c2ccc(C)cc2)C2(C)C(C)CC34CC(CCC3=O)(C42)C(C)(C)C1O. The minimum absolute atomic E-state index is 0.0336. The van der Waals surface area contributed by atoms with Crippen molar-refractivity contribution in [3.05, 3.63) is 42.5 Å². The number of aliphatic hydroxyl groups is 1. The van der Waals surface area contributed by atoms with E-state index in [1.165, 1.54) is 12.1 Å². The summed E-state index contributed by atoms with van der Waals surface area (Å²) in [5.41, 5.74) is -2.93. The molecule has 0 amide bonds. The van der Waals surface area contributed by atoms with E-state index < -0.39 is 56.1 Å². The smallest absolute Gasteiger partial charge is 0.334 e. The van der Waals surface area contributed by atoms with Gasteiger partial charge in [0.25, 0.3) is 10.1 Å². The molecule has 7 nitrogen and oxygen atoms in total. The Morgan fingerprint density at radius 1 is 1.12 bits per heavy atom. The van der Waals surface area contributed by atoms with Gasteiger partial charge in [0.15, 0.2) is 6.61 Å². The second kappa shape index (κ2) is 8.74. The third kappa shape index (κ3) is 3.57. The molecule has 4 aliphatic carbocycles. The molecule has 8 atom stereocenters. The number of Topliss-reactive ketones (excluding diaryl/α,β-unsaturated/α-hetero) is 1. The fourth-order valence-corrected chi connectivity index (χ4v) is 11.0. The average Bonchev–Trinajstić information content (AvgIpc) is 3.06. The summed E-state index contributed by atoms with van der Waals surface area (Å²) in [6, 6.07) is 6.21. The quantitative estimate of drug-likeness (QED) is 0.277. The van der Waals surface area contributed by atoms with Crippen molar-refractivity contribution < 1.29 is 32.0 Å². The largest absolute Gasteiger partial charge is 0.457 e. The van der Waals surface area contributed by atoms with Crippen LogP contribution in [0, 0.1) is 45.8 Å². The molecule has 0 aliphatic heterocycles. The number of rotatable bonds is 6. The topological polar surface area (TPSA) is 107 Å². The van der Waals surface area contributed by atoms with Gasteiger partial charge in [-0.25, -0.2) is 4.79 Å². The molecule has 4 aliphatic rings. The number of hydrogen-bond donors (Lipinski definition) is 1. The molecule has 5 rings (SSSR count). The van der Waals surface area contributed by atoms with Crippen molar-refractivity contribution in [2.45, 2.75) is 97.2 Å². The van der Waals surface area contributed by atoms with E-state index in [-0.39, 0.29) is 34.4 Å². The lowest BCUT2D eigenvalue weighted by molar-refractivity contribution is -0.303. The van der Waals surface area contributed by atoms with Crippen LogP contribution in [0.15, 0.2) is 41.8 Å². The molecule has 1 N–H and O–H groups in total. The Balaban J connectivity index is 1.53. The molecule has 2 bridgehead atoms. The number of esters is 1. The van der Waals surface area contributed by atoms with Gasteiger partial charge in [-0.15, -0.1) is 6.58 Å². The average molecular weight is 573 g/mol. The van der Waals surface area contributed by atoms with Gasteiger partial charge in [-0.1, -0.05) is 58.4 Å². The van der Waals surface area contributed by atoms with Crippen LogP contribution >= 0.6 is 0 Å². The van der Waals surface area contributed by atoms with E-state index in [1.807, 2.05) is 20.8 Å². The first-order chi connectivity index (χ1) is 18.4. The molecule has 1 aromatic carbocycles. The van der Waals surface area contributed by atoms with Gasteiger partial charge in [-0.3, -0.25) is 8.98 Å². The van der Waals surface area contributed by atoms with Crippen molar-refractivity contribution in [2.75, 3.05) is 6.61 Å². The zero-order valence-electron chi connectivity index (χ0n) is 24.9. The first-order valence-corrected chi connectivity index (χ1v) is 15.8. The van der Waals surface area contributed by atoms with Crippen LogP contribution in [-0.2, 0) is 28.6 Å². The Morgan fingerprint density at radius 2 is 1.75 bits per heavy atom. The molecule has 1 aromatic rings. The molecule has 220 valence electrons. The number of carbonyl (C=O) groups is 2. The van der Waals surface area contributed by atoms with E-state index in [2.05, 4.69) is 34.3 Å². The van der Waals surface area contributed by atoms with Crippen molar-refractivity contribution in [3.63, 3.8) is 0 Å². The lowest BCUT2D eigenvalue weighted by atomic mass is 9.28. The first-order valence-electron chi connectivity index (χ1n) is 14.4. The molecular formula is C32H44O7S. The van der Waals surface area contributed by atoms with Gasteiger partial charge in [-0.05, 0) is 74.3 Å². The maximum atomic E-state index is 13.6. The summed E-state index contributed by atoms with van der Waals surface area (Å²) in [5, 5.41) is 12.0. The number of aliphatic hydroxyl groups excluding tert-OH is 1. The Bertz CT molecular complexity index is 1370. The van der Waals surface area contributed by atoms with Gasteiger partial charge in [0.2, 0.25) is 0 Å². The van der Waals surface area contributed by atoms with Crippen LogP contribution < -0.4 is 0 Å². The molecule has 8 unspecified atom stereocenters. The van der Waals surface area contributed by atoms with Gasteiger partial charge < -0.3 is 9.84 Å². The third-order valence-corrected chi connectivity index (χ3v) is 13.6. The molecular weight excluding hydrogens is 528 g/mol. The normalized spacial score (nSPS) is 43.6. The minimum Gasteiger partial charge on any atom is -0.457 e. The Morgan fingerprint density at radius 3 is 2.35 bits per heavy atom. The molecule has 8 heteroatoms. The summed E-state index contributed by atoms with van der Waals surface area (Å²) in [4.78, 5) is 26.9. The number of carbonyl (C=O) groups excluding carboxylic acids is 2. The molecule has 40 heavy (non-hydrogen) atoms. The summed E-state index contributed by atoms with van der Waals surface area (Å²) < 4.78 is 37.1. The summed E-state index contributed by atoms with van der Waals surface area (Å²) in [5.74, 6) is -0.527.